The monoisotopic (exact) mass is 395 g/mol. The largest absolute Gasteiger partial charge is 0.463 e. The summed E-state index contributed by atoms with van der Waals surface area (Å²) >= 11 is 0. The number of benzene rings is 1. The van der Waals surface area contributed by atoms with Crippen LogP contribution in [0.3, 0.4) is 0 Å². The van der Waals surface area contributed by atoms with Gasteiger partial charge in [-0.2, -0.15) is 0 Å². The molecule has 0 radical (unpaired) electrons. The zero-order valence-corrected chi connectivity index (χ0v) is 16.6. The van der Waals surface area contributed by atoms with Gasteiger partial charge in [-0.05, 0) is 38.3 Å². The van der Waals surface area contributed by atoms with Crippen molar-refractivity contribution in [1.29, 1.82) is 0 Å². The normalized spacial score (nSPS) is 26.4. The van der Waals surface area contributed by atoms with E-state index in [0.717, 1.165) is 25.7 Å². The Labute approximate surface area is 169 Å². The molecule has 2 heterocycles. The van der Waals surface area contributed by atoms with Crippen LogP contribution in [0.4, 0.5) is 10.5 Å². The molecule has 2 amide bonds. The van der Waals surface area contributed by atoms with E-state index in [2.05, 4.69) is 49.6 Å². The highest BCUT2D eigenvalue weighted by Gasteiger charge is 2.49. The highest BCUT2D eigenvalue weighted by Crippen LogP contribution is 2.43. The SMILES string of the molecule is CN[C@]1(c2ccccc2)CC[C@]2(CC1)CN(c1cnc(C(=O)OC)nc1)C(=O)N2. The Morgan fingerprint density at radius 1 is 1.14 bits per heavy atom. The molecule has 152 valence electrons. The highest BCUT2D eigenvalue weighted by molar-refractivity contribution is 5.95. The fourth-order valence-corrected chi connectivity index (χ4v) is 4.45. The third kappa shape index (κ3) is 3.44. The summed E-state index contributed by atoms with van der Waals surface area (Å²) in [7, 11) is 3.28. The summed E-state index contributed by atoms with van der Waals surface area (Å²) in [6.45, 7) is 0.557. The second-order valence-corrected chi connectivity index (χ2v) is 7.75. The molecule has 29 heavy (non-hydrogen) atoms. The first-order valence-corrected chi connectivity index (χ1v) is 9.75. The van der Waals surface area contributed by atoms with E-state index in [1.807, 2.05) is 13.1 Å². The number of urea groups is 1. The second-order valence-electron chi connectivity index (χ2n) is 7.75. The van der Waals surface area contributed by atoms with E-state index in [1.54, 1.807) is 4.90 Å². The fraction of sp³-hybridized carbons (Fsp3) is 0.429. The number of ether oxygens (including phenoxy) is 1. The number of rotatable bonds is 4. The number of esters is 1. The smallest absolute Gasteiger partial charge is 0.376 e. The van der Waals surface area contributed by atoms with E-state index < -0.39 is 5.97 Å². The van der Waals surface area contributed by atoms with E-state index in [-0.39, 0.29) is 22.9 Å². The summed E-state index contributed by atoms with van der Waals surface area (Å²) in [6, 6.07) is 10.3. The van der Waals surface area contributed by atoms with Gasteiger partial charge in [-0.25, -0.2) is 19.6 Å². The molecule has 1 saturated carbocycles. The van der Waals surface area contributed by atoms with Crippen molar-refractivity contribution in [3.63, 3.8) is 0 Å². The van der Waals surface area contributed by atoms with E-state index in [0.29, 0.717) is 12.2 Å². The summed E-state index contributed by atoms with van der Waals surface area (Å²) < 4.78 is 4.62. The number of methoxy groups -OCH3 is 1. The number of anilines is 1. The summed E-state index contributed by atoms with van der Waals surface area (Å²) in [5.41, 5.74) is 1.51. The molecular weight excluding hydrogens is 370 g/mol. The summed E-state index contributed by atoms with van der Waals surface area (Å²) in [5, 5.41) is 6.72. The number of amides is 2. The van der Waals surface area contributed by atoms with Crippen molar-refractivity contribution in [1.82, 2.24) is 20.6 Å². The van der Waals surface area contributed by atoms with Crippen LogP contribution in [0.2, 0.25) is 0 Å². The Balaban J connectivity index is 1.49. The number of carbonyl (C=O) groups is 2. The van der Waals surface area contributed by atoms with Crippen molar-refractivity contribution in [3.8, 4) is 0 Å². The number of hydrogen-bond acceptors (Lipinski definition) is 6. The highest BCUT2D eigenvalue weighted by atomic mass is 16.5. The van der Waals surface area contributed by atoms with Crippen molar-refractivity contribution < 1.29 is 14.3 Å². The maximum absolute atomic E-state index is 12.7. The van der Waals surface area contributed by atoms with Gasteiger partial charge < -0.3 is 15.4 Å². The summed E-state index contributed by atoms with van der Waals surface area (Å²) in [5.74, 6) is -0.625. The molecule has 2 N–H and O–H groups in total. The summed E-state index contributed by atoms with van der Waals surface area (Å²) in [6.07, 6.45) is 6.57. The van der Waals surface area contributed by atoms with Crippen LogP contribution >= 0.6 is 0 Å². The van der Waals surface area contributed by atoms with Gasteiger partial charge in [0.1, 0.15) is 0 Å². The molecule has 2 aliphatic rings. The first kappa shape index (κ1) is 19.3. The van der Waals surface area contributed by atoms with Gasteiger partial charge in [0, 0.05) is 5.54 Å². The number of nitrogens with zero attached hydrogens (tertiary/aromatic N) is 3. The molecule has 1 saturated heterocycles. The fourth-order valence-electron chi connectivity index (χ4n) is 4.45. The van der Waals surface area contributed by atoms with Crippen LogP contribution in [0.5, 0.6) is 0 Å². The lowest BCUT2D eigenvalue weighted by Crippen LogP contribution is -2.53. The second kappa shape index (κ2) is 7.44. The van der Waals surface area contributed by atoms with Crippen molar-refractivity contribution in [2.75, 3.05) is 25.6 Å². The number of carbonyl (C=O) groups excluding carboxylic acids is 2. The van der Waals surface area contributed by atoms with Crippen LogP contribution in [0.25, 0.3) is 0 Å². The molecule has 4 rings (SSSR count). The lowest BCUT2D eigenvalue weighted by molar-refractivity contribution is 0.0586. The van der Waals surface area contributed by atoms with E-state index in [4.69, 9.17) is 0 Å². The van der Waals surface area contributed by atoms with Crippen molar-refractivity contribution in [2.45, 2.75) is 36.8 Å². The Bertz CT molecular complexity index is 892. The molecular formula is C21H25N5O3. The Morgan fingerprint density at radius 3 is 2.38 bits per heavy atom. The van der Waals surface area contributed by atoms with E-state index in [1.165, 1.54) is 25.1 Å². The molecule has 1 aromatic carbocycles. The van der Waals surface area contributed by atoms with Crippen LogP contribution in [0, 0.1) is 0 Å². The molecule has 1 spiro atoms. The predicted molar refractivity (Wildman–Crippen MR) is 108 cm³/mol. The maximum atomic E-state index is 12.7. The van der Waals surface area contributed by atoms with Gasteiger partial charge in [0.05, 0.1) is 37.3 Å². The standard InChI is InChI=1S/C21H25N5O3/c1-22-21(15-6-4-3-5-7-15)10-8-20(9-11-21)14-26(19(28)25-20)16-12-23-17(24-13-16)18(27)29-2/h3-7,12-13,22H,8-11,14H2,1-2H3,(H,25,28)/t20-,21+. The van der Waals surface area contributed by atoms with Crippen LogP contribution in [0.15, 0.2) is 42.7 Å². The van der Waals surface area contributed by atoms with Crippen molar-refractivity contribution in [3.05, 3.63) is 54.1 Å². The van der Waals surface area contributed by atoms with Crippen molar-refractivity contribution >= 4 is 17.7 Å². The number of hydrogen-bond donors (Lipinski definition) is 2. The topological polar surface area (TPSA) is 96.5 Å². The average molecular weight is 395 g/mol. The lowest BCUT2D eigenvalue weighted by atomic mass is 9.69. The minimum Gasteiger partial charge on any atom is -0.463 e. The molecule has 1 aliphatic carbocycles. The summed E-state index contributed by atoms with van der Waals surface area (Å²) in [4.78, 5) is 33.9. The molecule has 2 aromatic rings. The number of aromatic nitrogens is 2. The quantitative estimate of drug-likeness (QED) is 0.771. The molecule has 1 aliphatic heterocycles. The minimum absolute atomic E-state index is 0.0232. The lowest BCUT2D eigenvalue weighted by Gasteiger charge is -2.45. The van der Waals surface area contributed by atoms with E-state index >= 15 is 0 Å². The zero-order valence-electron chi connectivity index (χ0n) is 16.6. The third-order valence-electron chi connectivity index (χ3n) is 6.26. The maximum Gasteiger partial charge on any atom is 0.376 e. The van der Waals surface area contributed by atoms with Crippen LogP contribution < -0.4 is 15.5 Å². The molecule has 8 nitrogen and oxygen atoms in total. The molecule has 2 fully saturated rings. The predicted octanol–water partition coefficient (Wildman–Crippen LogP) is 2.22. The first-order valence-electron chi connectivity index (χ1n) is 9.75. The van der Waals surface area contributed by atoms with Gasteiger partial charge in [0.25, 0.3) is 0 Å². The molecule has 0 unspecified atom stereocenters. The van der Waals surface area contributed by atoms with Crippen molar-refractivity contribution in [2.24, 2.45) is 0 Å². The van der Waals surface area contributed by atoms with Gasteiger partial charge in [0.15, 0.2) is 0 Å². The third-order valence-corrected chi connectivity index (χ3v) is 6.26. The zero-order chi connectivity index (χ0) is 20.5. The molecule has 1 aromatic heterocycles. The number of nitrogens with one attached hydrogen (secondary N) is 2. The first-order chi connectivity index (χ1) is 14.0. The molecule has 0 atom stereocenters. The van der Waals surface area contributed by atoms with Gasteiger partial charge in [-0.3, -0.25) is 4.90 Å². The van der Waals surface area contributed by atoms with Gasteiger partial charge in [-0.1, -0.05) is 30.3 Å². The Morgan fingerprint density at radius 2 is 1.79 bits per heavy atom. The van der Waals surface area contributed by atoms with Crippen LogP contribution in [-0.2, 0) is 10.3 Å². The Hall–Kier alpha value is -3.00. The van der Waals surface area contributed by atoms with Gasteiger partial charge in [0.2, 0.25) is 5.82 Å². The van der Waals surface area contributed by atoms with Crippen LogP contribution in [-0.4, -0.2) is 48.2 Å². The van der Waals surface area contributed by atoms with Gasteiger partial charge >= 0.3 is 12.0 Å². The average Bonchev–Trinajstić information content (AvgIpc) is 3.10. The molecule has 8 heteroatoms. The molecule has 0 bridgehead atoms. The van der Waals surface area contributed by atoms with E-state index in [9.17, 15) is 9.59 Å². The van der Waals surface area contributed by atoms with Gasteiger partial charge in [-0.15, -0.1) is 0 Å². The van der Waals surface area contributed by atoms with Crippen LogP contribution in [0.1, 0.15) is 41.9 Å². The Kier molecular flexibility index (Phi) is 4.96. The minimum atomic E-state index is -0.601.